The first-order valence-corrected chi connectivity index (χ1v) is 22.0. The molecule has 7 heterocycles. The average Bonchev–Trinajstić information content (AvgIpc) is 3.78. The van der Waals surface area contributed by atoms with E-state index in [0.29, 0.717) is 56.4 Å². The van der Waals surface area contributed by atoms with Crippen LogP contribution in [0.3, 0.4) is 0 Å². The summed E-state index contributed by atoms with van der Waals surface area (Å²) in [7, 11) is 1.77. The van der Waals surface area contributed by atoms with Gasteiger partial charge in [-0.25, -0.2) is 15.0 Å². The second-order valence-corrected chi connectivity index (χ2v) is 16.5. The number of ether oxygens (including phenoxy) is 4. The highest BCUT2D eigenvalue weighted by Crippen LogP contribution is 2.31. The van der Waals surface area contributed by atoms with Crippen LogP contribution in [-0.4, -0.2) is 161 Å². The fraction of sp³-hybridized carbons (Fsp3) is 0.545. The number of imide groups is 2. The highest BCUT2D eigenvalue weighted by molar-refractivity contribution is 6.23. The maximum Gasteiger partial charge on any atom is 0.262 e. The van der Waals surface area contributed by atoms with Crippen LogP contribution in [-0.2, 0) is 30.4 Å². The lowest BCUT2D eigenvalue weighted by Crippen LogP contribution is -2.54. The maximum absolute atomic E-state index is 13.1. The predicted octanol–water partition coefficient (Wildman–Crippen LogP) is 3.18. The Balaban J connectivity index is 0.706. The molecule has 3 aromatic heterocycles. The van der Waals surface area contributed by atoms with E-state index in [-0.39, 0.29) is 36.1 Å². The normalized spacial score (nSPS) is 19.1. The van der Waals surface area contributed by atoms with Gasteiger partial charge in [0.05, 0.1) is 55.4 Å². The number of piperazine rings is 1. The molecule has 2 N–H and O–H groups in total. The van der Waals surface area contributed by atoms with Crippen molar-refractivity contribution in [1.82, 2.24) is 44.5 Å². The fourth-order valence-corrected chi connectivity index (χ4v) is 8.62. The number of amides is 4. The number of benzene rings is 1. The number of methoxy groups -OCH3 is 1. The molecule has 4 aliphatic heterocycles. The molecule has 3 saturated heterocycles. The van der Waals surface area contributed by atoms with Crippen LogP contribution in [0.15, 0.2) is 42.7 Å². The number of anilines is 3. The highest BCUT2D eigenvalue weighted by atomic mass is 16.5. The zero-order chi connectivity index (χ0) is 43.9. The average molecular weight is 868 g/mol. The van der Waals surface area contributed by atoms with Gasteiger partial charge in [-0.3, -0.25) is 34.3 Å². The van der Waals surface area contributed by atoms with Crippen LogP contribution < -0.4 is 20.3 Å². The van der Waals surface area contributed by atoms with Crippen molar-refractivity contribution >= 4 is 52.2 Å². The Hall–Kier alpha value is -5.60. The Morgan fingerprint density at radius 2 is 1.57 bits per heavy atom. The van der Waals surface area contributed by atoms with Crippen LogP contribution in [0.25, 0.3) is 11.0 Å². The molecule has 0 bridgehead atoms. The molecular weight excluding hydrogens is 811 g/mol. The number of carbonyl (C=O) groups is 4. The SMILES string of the molecule is COC1CCN(c2nccc(Nc3cc4c(cn3)nc(COCCOCCN3CCN(CCCOc5ccc6c(c5)C(=O)N(C5CCC(=O)NC5=O)C6=O)CC3)n4C(C)C)n2)CC1. The molecule has 4 aliphatic rings. The van der Waals surface area contributed by atoms with E-state index in [4.69, 9.17) is 28.9 Å². The van der Waals surface area contributed by atoms with Crippen molar-refractivity contribution in [2.45, 2.75) is 70.7 Å². The van der Waals surface area contributed by atoms with Gasteiger partial charge in [0, 0.05) is 84.2 Å². The molecule has 1 aromatic carbocycles. The van der Waals surface area contributed by atoms with Crippen molar-refractivity contribution in [1.29, 1.82) is 0 Å². The summed E-state index contributed by atoms with van der Waals surface area (Å²) in [6, 6.07) is 7.82. The number of imidazole rings is 1. The van der Waals surface area contributed by atoms with Gasteiger partial charge in [-0.1, -0.05) is 0 Å². The molecule has 0 aliphatic carbocycles. The molecule has 63 heavy (non-hydrogen) atoms. The van der Waals surface area contributed by atoms with E-state index in [1.165, 1.54) is 0 Å². The van der Waals surface area contributed by atoms with Crippen LogP contribution in [0.2, 0.25) is 0 Å². The molecule has 4 amide bonds. The first-order valence-electron chi connectivity index (χ1n) is 22.0. The number of pyridine rings is 1. The standard InChI is InChI=1S/C44H57N11O8/c1-29(2)54-36-26-38(48-37-9-12-45-44(49-37)53-14-10-30(60-3)11-15-53)46-27-34(36)47-39(54)28-62-24-23-61-22-20-52-18-16-51(17-19-52)13-4-21-63-31-5-6-32-33(25-31)43(59)55(42(32)58)35-7-8-40(56)50-41(35)57/h5-6,9,12,25-27,29-30,35H,4,7-8,10-11,13-24,28H2,1-3H3,(H,50,56,57)(H,45,46,48,49). The smallest absolute Gasteiger partial charge is 0.262 e. The lowest BCUT2D eigenvalue weighted by Gasteiger charge is -2.34. The second-order valence-electron chi connectivity index (χ2n) is 16.5. The monoisotopic (exact) mass is 867 g/mol. The molecule has 4 aromatic rings. The van der Waals surface area contributed by atoms with Gasteiger partial charge in [-0.05, 0) is 63.8 Å². The van der Waals surface area contributed by atoms with E-state index < -0.39 is 29.7 Å². The number of hydrogen-bond acceptors (Lipinski definition) is 16. The van der Waals surface area contributed by atoms with Crippen LogP contribution in [0.5, 0.6) is 5.75 Å². The number of nitrogens with zero attached hydrogens (tertiary/aromatic N) is 9. The number of carbonyl (C=O) groups excluding carboxylic acids is 4. The zero-order valence-corrected chi connectivity index (χ0v) is 36.3. The van der Waals surface area contributed by atoms with Gasteiger partial charge < -0.3 is 38.6 Å². The lowest BCUT2D eigenvalue weighted by molar-refractivity contribution is -0.136. The Morgan fingerprint density at radius 3 is 2.33 bits per heavy atom. The summed E-state index contributed by atoms with van der Waals surface area (Å²) in [4.78, 5) is 76.7. The predicted molar refractivity (Wildman–Crippen MR) is 232 cm³/mol. The molecule has 3 fully saturated rings. The first-order chi connectivity index (χ1) is 30.6. The highest BCUT2D eigenvalue weighted by Gasteiger charge is 2.44. The van der Waals surface area contributed by atoms with Crippen molar-refractivity contribution < 1.29 is 38.1 Å². The second kappa shape index (κ2) is 20.3. The minimum atomic E-state index is -0.993. The van der Waals surface area contributed by atoms with Crippen LogP contribution in [0.4, 0.5) is 17.6 Å². The Bertz CT molecular complexity index is 2270. The molecule has 0 radical (unpaired) electrons. The summed E-state index contributed by atoms with van der Waals surface area (Å²) >= 11 is 0. The number of fused-ring (bicyclic) bond motifs is 2. The maximum atomic E-state index is 13.1. The zero-order valence-electron chi connectivity index (χ0n) is 36.3. The third kappa shape index (κ3) is 10.4. The molecule has 8 rings (SSSR count). The number of hydrogen-bond donors (Lipinski definition) is 2. The van der Waals surface area contributed by atoms with E-state index >= 15 is 0 Å². The topological polar surface area (TPSA) is 199 Å². The Kier molecular flexibility index (Phi) is 14.2. The molecule has 1 atom stereocenters. The van der Waals surface area contributed by atoms with Crippen molar-refractivity contribution in [2.24, 2.45) is 0 Å². The minimum Gasteiger partial charge on any atom is -0.494 e. The van der Waals surface area contributed by atoms with E-state index in [1.807, 2.05) is 12.1 Å². The molecule has 1 unspecified atom stereocenters. The number of piperidine rings is 2. The third-order valence-electron chi connectivity index (χ3n) is 12.0. The number of nitrogens with one attached hydrogen (secondary N) is 2. The van der Waals surface area contributed by atoms with Gasteiger partial charge in [0.25, 0.3) is 11.8 Å². The fourth-order valence-electron chi connectivity index (χ4n) is 8.62. The lowest BCUT2D eigenvalue weighted by atomic mass is 10.0. The molecular formula is C44H57N11O8. The van der Waals surface area contributed by atoms with Crippen molar-refractivity contribution in [3.05, 3.63) is 59.7 Å². The Labute approximate surface area is 366 Å². The minimum absolute atomic E-state index is 0.0785. The van der Waals surface area contributed by atoms with Crippen molar-refractivity contribution in [3.63, 3.8) is 0 Å². The summed E-state index contributed by atoms with van der Waals surface area (Å²) in [5, 5.41) is 5.57. The van der Waals surface area contributed by atoms with Gasteiger partial charge in [0.15, 0.2) is 0 Å². The summed E-state index contributed by atoms with van der Waals surface area (Å²) in [5.41, 5.74) is 2.22. The molecule has 0 saturated carbocycles. The number of rotatable bonds is 19. The van der Waals surface area contributed by atoms with Crippen LogP contribution >= 0.6 is 0 Å². The van der Waals surface area contributed by atoms with E-state index in [0.717, 1.165) is 93.4 Å². The van der Waals surface area contributed by atoms with Gasteiger partial charge in [0.2, 0.25) is 17.8 Å². The van der Waals surface area contributed by atoms with Crippen molar-refractivity contribution in [3.8, 4) is 5.75 Å². The molecule has 0 spiro atoms. The van der Waals surface area contributed by atoms with Crippen LogP contribution in [0, 0.1) is 0 Å². The third-order valence-corrected chi connectivity index (χ3v) is 12.0. The largest absolute Gasteiger partial charge is 0.494 e. The molecule has 19 heteroatoms. The summed E-state index contributed by atoms with van der Waals surface area (Å²) in [5.74, 6) is 1.28. The summed E-state index contributed by atoms with van der Waals surface area (Å²) in [6.07, 6.45) is 6.75. The number of aromatic nitrogens is 5. The van der Waals surface area contributed by atoms with Gasteiger partial charge in [0.1, 0.15) is 41.4 Å². The van der Waals surface area contributed by atoms with E-state index in [9.17, 15) is 19.2 Å². The molecule has 336 valence electrons. The van der Waals surface area contributed by atoms with Gasteiger partial charge in [-0.2, -0.15) is 4.98 Å². The Morgan fingerprint density at radius 1 is 0.810 bits per heavy atom. The van der Waals surface area contributed by atoms with Gasteiger partial charge in [-0.15, -0.1) is 0 Å². The first kappa shape index (κ1) is 44.0. The summed E-state index contributed by atoms with van der Waals surface area (Å²) < 4.78 is 25.6. The molecule has 19 nitrogen and oxygen atoms in total. The van der Waals surface area contributed by atoms with Crippen molar-refractivity contribution in [2.75, 3.05) is 96.1 Å². The quantitative estimate of drug-likeness (QED) is 0.103. The summed E-state index contributed by atoms with van der Waals surface area (Å²) in [6.45, 7) is 13.9. The van der Waals surface area contributed by atoms with E-state index in [2.05, 4.69) is 53.7 Å². The van der Waals surface area contributed by atoms with Crippen LogP contribution in [0.1, 0.15) is 78.5 Å². The van der Waals surface area contributed by atoms with Gasteiger partial charge >= 0.3 is 0 Å². The van der Waals surface area contributed by atoms with E-state index in [1.54, 1.807) is 37.7 Å².